The van der Waals surface area contributed by atoms with Crippen molar-refractivity contribution in [3.8, 4) is 0 Å². The maximum Gasteiger partial charge on any atom is 0.233 e. The highest BCUT2D eigenvalue weighted by atomic mass is 32.2. The molecule has 0 aliphatic heterocycles. The van der Waals surface area contributed by atoms with Crippen LogP contribution in [-0.2, 0) is 4.79 Å². The van der Waals surface area contributed by atoms with Crippen molar-refractivity contribution in [2.45, 2.75) is 56.0 Å². The molecule has 0 spiro atoms. The Bertz CT molecular complexity index is 402. The topological polar surface area (TPSA) is 72.7 Å². The number of thioether (sulfide) groups is 1. The normalized spacial score (nSPS) is 17.9. The van der Waals surface area contributed by atoms with E-state index in [0.29, 0.717) is 12.6 Å². The molecule has 1 aromatic rings. The van der Waals surface area contributed by atoms with Gasteiger partial charge in [0.15, 0.2) is 0 Å². The fourth-order valence-corrected chi connectivity index (χ4v) is 3.05. The van der Waals surface area contributed by atoms with Crippen LogP contribution in [0.25, 0.3) is 0 Å². The van der Waals surface area contributed by atoms with E-state index >= 15 is 0 Å². The number of nitrogens with one attached hydrogen (secondary N) is 1. The zero-order valence-corrected chi connectivity index (χ0v) is 11.6. The Balaban J connectivity index is 2.00. The molecule has 1 fully saturated rings. The van der Waals surface area contributed by atoms with Crippen LogP contribution in [-0.4, -0.2) is 37.9 Å². The zero-order chi connectivity index (χ0) is 13.0. The average Bonchev–Trinajstić information content (AvgIpc) is 2.98. The third-order valence-electron chi connectivity index (χ3n) is 3.14. The van der Waals surface area contributed by atoms with Crippen LogP contribution >= 0.6 is 11.8 Å². The number of amides is 1. The first-order valence-electron chi connectivity index (χ1n) is 6.44. The Kier molecular flexibility index (Phi) is 4.57. The largest absolute Gasteiger partial charge is 0.355 e. The minimum atomic E-state index is -0.170. The number of hydrogen-bond donors (Lipinski definition) is 1. The predicted octanol–water partition coefficient (Wildman–Crippen LogP) is 1.40. The van der Waals surface area contributed by atoms with Gasteiger partial charge in [-0.2, -0.15) is 0 Å². The number of carbonyl (C=O) groups is 1. The third kappa shape index (κ3) is 3.01. The number of hydrogen-bond acceptors (Lipinski definition) is 5. The highest BCUT2D eigenvalue weighted by molar-refractivity contribution is 8.00. The van der Waals surface area contributed by atoms with Crippen LogP contribution in [0.1, 0.15) is 45.6 Å². The van der Waals surface area contributed by atoms with Gasteiger partial charge >= 0.3 is 0 Å². The van der Waals surface area contributed by atoms with E-state index in [0.717, 1.165) is 18.0 Å². The van der Waals surface area contributed by atoms with Crippen LogP contribution in [0.5, 0.6) is 0 Å². The Morgan fingerprint density at radius 2 is 2.28 bits per heavy atom. The van der Waals surface area contributed by atoms with Gasteiger partial charge in [0.25, 0.3) is 0 Å². The SMILES string of the molecule is CCNC(=O)C(C)Sc1nnnn1C1CCCC1. The van der Waals surface area contributed by atoms with Crippen LogP contribution < -0.4 is 5.32 Å². The van der Waals surface area contributed by atoms with Crippen LogP contribution in [0.3, 0.4) is 0 Å². The minimum Gasteiger partial charge on any atom is -0.355 e. The Hall–Kier alpha value is -1.11. The smallest absolute Gasteiger partial charge is 0.233 e. The van der Waals surface area contributed by atoms with E-state index in [2.05, 4.69) is 20.8 Å². The van der Waals surface area contributed by atoms with Crippen molar-refractivity contribution < 1.29 is 4.79 Å². The molecule has 0 saturated heterocycles. The number of rotatable bonds is 5. The molecular weight excluding hydrogens is 250 g/mol. The van der Waals surface area contributed by atoms with Gasteiger partial charge in [-0.25, -0.2) is 4.68 Å². The van der Waals surface area contributed by atoms with Crippen molar-refractivity contribution in [2.24, 2.45) is 0 Å². The molecule has 2 rings (SSSR count). The molecule has 6 nitrogen and oxygen atoms in total. The molecule has 1 aliphatic carbocycles. The van der Waals surface area contributed by atoms with Crippen molar-refractivity contribution in [2.75, 3.05) is 6.54 Å². The Morgan fingerprint density at radius 1 is 1.56 bits per heavy atom. The van der Waals surface area contributed by atoms with Crippen molar-refractivity contribution >= 4 is 17.7 Å². The number of tetrazole rings is 1. The van der Waals surface area contributed by atoms with E-state index in [1.807, 2.05) is 18.5 Å². The summed E-state index contributed by atoms with van der Waals surface area (Å²) in [6.07, 6.45) is 4.74. The van der Waals surface area contributed by atoms with E-state index in [4.69, 9.17) is 0 Å². The molecule has 7 heteroatoms. The summed E-state index contributed by atoms with van der Waals surface area (Å²) < 4.78 is 1.88. The molecule has 1 saturated carbocycles. The molecule has 1 N–H and O–H groups in total. The molecule has 1 aromatic heterocycles. The molecular formula is C11H19N5OS. The third-order valence-corrected chi connectivity index (χ3v) is 4.18. The maximum absolute atomic E-state index is 11.7. The van der Waals surface area contributed by atoms with Gasteiger partial charge in [-0.3, -0.25) is 4.79 Å². The van der Waals surface area contributed by atoms with E-state index in [1.165, 1.54) is 24.6 Å². The van der Waals surface area contributed by atoms with Crippen molar-refractivity contribution in [1.82, 2.24) is 25.5 Å². The lowest BCUT2D eigenvalue weighted by Gasteiger charge is -2.13. The summed E-state index contributed by atoms with van der Waals surface area (Å²) in [4.78, 5) is 11.7. The molecule has 0 bridgehead atoms. The number of nitrogens with zero attached hydrogens (tertiary/aromatic N) is 4. The second-order valence-electron chi connectivity index (χ2n) is 4.50. The lowest BCUT2D eigenvalue weighted by Crippen LogP contribution is -2.30. The van der Waals surface area contributed by atoms with Crippen molar-refractivity contribution in [3.05, 3.63) is 0 Å². The summed E-state index contributed by atoms with van der Waals surface area (Å²) in [5.74, 6) is 0.0310. The first kappa shape index (κ1) is 13.3. The molecule has 0 aromatic carbocycles. The zero-order valence-electron chi connectivity index (χ0n) is 10.8. The monoisotopic (exact) mass is 269 g/mol. The second-order valence-corrected chi connectivity index (χ2v) is 5.81. The number of carbonyl (C=O) groups excluding carboxylic acids is 1. The maximum atomic E-state index is 11.7. The van der Waals surface area contributed by atoms with Gasteiger partial charge in [0.05, 0.1) is 11.3 Å². The van der Waals surface area contributed by atoms with Crippen molar-refractivity contribution in [1.29, 1.82) is 0 Å². The standard InChI is InChI=1S/C11H19N5OS/c1-3-12-10(17)8(2)18-11-13-14-15-16(11)9-6-4-5-7-9/h8-9H,3-7H2,1-2H3,(H,12,17). The second kappa shape index (κ2) is 6.17. The molecule has 100 valence electrons. The van der Waals surface area contributed by atoms with Gasteiger partial charge in [0, 0.05) is 6.54 Å². The van der Waals surface area contributed by atoms with Crippen LogP contribution in [0.4, 0.5) is 0 Å². The van der Waals surface area contributed by atoms with Crippen LogP contribution in [0.15, 0.2) is 5.16 Å². The quantitative estimate of drug-likeness (QED) is 0.818. The predicted molar refractivity (Wildman–Crippen MR) is 69.3 cm³/mol. The minimum absolute atomic E-state index is 0.0310. The lowest BCUT2D eigenvalue weighted by molar-refractivity contribution is -0.120. The average molecular weight is 269 g/mol. The summed E-state index contributed by atoms with van der Waals surface area (Å²) in [5, 5.41) is 15.2. The van der Waals surface area contributed by atoms with Gasteiger partial charge in [-0.1, -0.05) is 24.6 Å². The van der Waals surface area contributed by atoms with Gasteiger partial charge in [-0.05, 0) is 37.1 Å². The van der Waals surface area contributed by atoms with Gasteiger partial charge < -0.3 is 5.32 Å². The van der Waals surface area contributed by atoms with Crippen LogP contribution in [0.2, 0.25) is 0 Å². The molecule has 1 amide bonds. The van der Waals surface area contributed by atoms with E-state index in [-0.39, 0.29) is 11.2 Å². The Morgan fingerprint density at radius 3 is 2.94 bits per heavy atom. The fraction of sp³-hybridized carbons (Fsp3) is 0.818. The molecule has 1 atom stereocenters. The summed E-state index contributed by atoms with van der Waals surface area (Å²) in [5.41, 5.74) is 0. The van der Waals surface area contributed by atoms with E-state index in [9.17, 15) is 4.79 Å². The van der Waals surface area contributed by atoms with Crippen molar-refractivity contribution in [3.63, 3.8) is 0 Å². The molecule has 0 radical (unpaired) electrons. The molecule has 1 aliphatic rings. The molecule has 18 heavy (non-hydrogen) atoms. The highest BCUT2D eigenvalue weighted by Gasteiger charge is 2.24. The summed E-state index contributed by atoms with van der Waals surface area (Å²) in [7, 11) is 0. The summed E-state index contributed by atoms with van der Waals surface area (Å²) >= 11 is 1.43. The van der Waals surface area contributed by atoms with Gasteiger partial charge in [-0.15, -0.1) is 5.10 Å². The first-order valence-corrected chi connectivity index (χ1v) is 7.32. The van der Waals surface area contributed by atoms with Gasteiger partial charge in [0.1, 0.15) is 0 Å². The van der Waals surface area contributed by atoms with Gasteiger partial charge in [0.2, 0.25) is 11.1 Å². The van der Waals surface area contributed by atoms with E-state index in [1.54, 1.807) is 0 Å². The van der Waals surface area contributed by atoms with Crippen LogP contribution in [0, 0.1) is 0 Å². The summed E-state index contributed by atoms with van der Waals surface area (Å²) in [6, 6.07) is 0.406. The fourth-order valence-electron chi connectivity index (χ4n) is 2.17. The Labute approximate surface area is 111 Å². The molecule has 1 heterocycles. The molecule has 1 unspecified atom stereocenters. The number of aromatic nitrogens is 4. The first-order chi connectivity index (χ1) is 8.72. The highest BCUT2D eigenvalue weighted by Crippen LogP contribution is 2.32. The lowest BCUT2D eigenvalue weighted by atomic mass is 10.3. The summed E-state index contributed by atoms with van der Waals surface area (Å²) in [6.45, 7) is 4.44. The van der Waals surface area contributed by atoms with E-state index < -0.39 is 0 Å².